The van der Waals surface area contributed by atoms with Gasteiger partial charge < -0.3 is 9.73 Å². The molecule has 0 aliphatic heterocycles. The standard InChI is InChI=1S/C24H22N6O2/c31-24(25-10-5-12-29-13-6-11-26-29)20-15-22(18-7-2-1-3-8-18)28-23-21(20)16-27-30(23)17-19-9-4-14-32-19/h1-4,6-9,11,13-16H,5,10,12,17H2,(H,25,31). The summed E-state index contributed by atoms with van der Waals surface area (Å²) in [6.07, 6.45) is 7.77. The van der Waals surface area contributed by atoms with Crippen LogP contribution in [0.15, 0.2) is 83.9 Å². The summed E-state index contributed by atoms with van der Waals surface area (Å²) in [5.41, 5.74) is 2.86. The molecule has 0 fully saturated rings. The number of benzene rings is 1. The number of rotatable bonds is 8. The smallest absolute Gasteiger partial charge is 0.252 e. The van der Waals surface area contributed by atoms with E-state index in [0.717, 1.165) is 30.0 Å². The van der Waals surface area contributed by atoms with Gasteiger partial charge in [0.1, 0.15) is 12.3 Å². The highest BCUT2D eigenvalue weighted by Crippen LogP contribution is 2.25. The lowest BCUT2D eigenvalue weighted by molar-refractivity contribution is 0.0954. The first-order valence-electron chi connectivity index (χ1n) is 10.5. The van der Waals surface area contributed by atoms with Gasteiger partial charge in [-0.3, -0.25) is 9.48 Å². The van der Waals surface area contributed by atoms with Crippen LogP contribution in [0.1, 0.15) is 22.5 Å². The van der Waals surface area contributed by atoms with Crippen molar-refractivity contribution in [2.75, 3.05) is 6.54 Å². The number of furan rings is 1. The molecule has 0 radical (unpaired) electrons. The molecule has 32 heavy (non-hydrogen) atoms. The Kier molecular flexibility index (Phi) is 5.48. The Bertz CT molecular complexity index is 1310. The van der Waals surface area contributed by atoms with E-state index in [0.29, 0.717) is 29.7 Å². The number of carbonyl (C=O) groups excluding carboxylic acids is 1. The maximum Gasteiger partial charge on any atom is 0.252 e. The Balaban J connectivity index is 1.44. The van der Waals surface area contributed by atoms with Crippen molar-refractivity contribution in [1.82, 2.24) is 29.9 Å². The van der Waals surface area contributed by atoms with Crippen LogP contribution >= 0.6 is 0 Å². The van der Waals surface area contributed by atoms with Crippen molar-refractivity contribution in [3.8, 4) is 11.3 Å². The molecule has 0 aliphatic rings. The number of nitrogens with one attached hydrogen (secondary N) is 1. The lowest BCUT2D eigenvalue weighted by Gasteiger charge is -2.10. The van der Waals surface area contributed by atoms with Crippen LogP contribution in [0, 0.1) is 0 Å². The van der Waals surface area contributed by atoms with Gasteiger partial charge in [-0.2, -0.15) is 10.2 Å². The largest absolute Gasteiger partial charge is 0.467 e. The average Bonchev–Trinajstić information content (AvgIpc) is 3.60. The summed E-state index contributed by atoms with van der Waals surface area (Å²) in [5, 5.41) is 12.4. The predicted octanol–water partition coefficient (Wildman–Crippen LogP) is 3.76. The van der Waals surface area contributed by atoms with E-state index in [-0.39, 0.29) is 5.91 Å². The summed E-state index contributed by atoms with van der Waals surface area (Å²) in [6.45, 7) is 1.73. The molecule has 0 saturated carbocycles. The van der Waals surface area contributed by atoms with Gasteiger partial charge in [0.25, 0.3) is 5.91 Å². The molecular weight excluding hydrogens is 404 g/mol. The zero-order chi connectivity index (χ0) is 21.8. The average molecular weight is 426 g/mol. The molecule has 0 spiro atoms. The number of fused-ring (bicyclic) bond motifs is 1. The van der Waals surface area contributed by atoms with Crippen molar-refractivity contribution in [1.29, 1.82) is 0 Å². The van der Waals surface area contributed by atoms with Crippen LogP contribution in [0.2, 0.25) is 0 Å². The molecule has 0 bridgehead atoms. The Morgan fingerprint density at radius 3 is 2.75 bits per heavy atom. The Labute approximate surface area is 184 Å². The van der Waals surface area contributed by atoms with E-state index in [1.54, 1.807) is 23.3 Å². The highest BCUT2D eigenvalue weighted by Gasteiger charge is 2.18. The summed E-state index contributed by atoms with van der Waals surface area (Å²) in [7, 11) is 0. The minimum absolute atomic E-state index is 0.146. The third-order valence-corrected chi connectivity index (χ3v) is 5.22. The van der Waals surface area contributed by atoms with Gasteiger partial charge in [0.2, 0.25) is 0 Å². The van der Waals surface area contributed by atoms with Crippen molar-refractivity contribution >= 4 is 16.9 Å². The van der Waals surface area contributed by atoms with Gasteiger partial charge >= 0.3 is 0 Å². The number of aryl methyl sites for hydroxylation is 1. The maximum absolute atomic E-state index is 13.1. The first-order chi connectivity index (χ1) is 15.8. The van der Waals surface area contributed by atoms with Crippen LogP contribution in [0.25, 0.3) is 22.3 Å². The van der Waals surface area contributed by atoms with E-state index in [1.807, 2.05) is 65.5 Å². The van der Waals surface area contributed by atoms with Crippen LogP contribution < -0.4 is 5.32 Å². The molecule has 0 atom stereocenters. The first kappa shape index (κ1) is 19.7. The van der Waals surface area contributed by atoms with Crippen molar-refractivity contribution in [3.05, 3.63) is 90.8 Å². The highest BCUT2D eigenvalue weighted by molar-refractivity contribution is 6.06. The third kappa shape index (κ3) is 4.15. The Morgan fingerprint density at radius 1 is 1.06 bits per heavy atom. The van der Waals surface area contributed by atoms with Crippen molar-refractivity contribution in [2.45, 2.75) is 19.5 Å². The van der Waals surface area contributed by atoms with Gasteiger partial charge in [0.05, 0.1) is 29.1 Å². The topological polar surface area (TPSA) is 90.8 Å². The van der Waals surface area contributed by atoms with Gasteiger partial charge in [-0.05, 0) is 30.7 Å². The summed E-state index contributed by atoms with van der Waals surface area (Å²) in [4.78, 5) is 17.9. The quantitative estimate of drug-likeness (QED) is 0.382. The van der Waals surface area contributed by atoms with Crippen LogP contribution in [-0.2, 0) is 13.1 Å². The Morgan fingerprint density at radius 2 is 1.97 bits per heavy atom. The van der Waals surface area contributed by atoms with Gasteiger partial charge in [0.15, 0.2) is 5.65 Å². The summed E-state index contributed by atoms with van der Waals surface area (Å²) in [5.74, 6) is 0.624. The molecule has 8 heteroatoms. The molecule has 4 aromatic heterocycles. The maximum atomic E-state index is 13.1. The number of aromatic nitrogens is 5. The fraction of sp³-hybridized carbons (Fsp3) is 0.167. The molecule has 1 aromatic carbocycles. The monoisotopic (exact) mass is 426 g/mol. The molecule has 4 heterocycles. The van der Waals surface area contributed by atoms with E-state index < -0.39 is 0 Å². The van der Waals surface area contributed by atoms with E-state index in [9.17, 15) is 4.79 Å². The molecule has 5 aromatic rings. The van der Waals surface area contributed by atoms with Crippen LogP contribution in [0.4, 0.5) is 0 Å². The zero-order valence-electron chi connectivity index (χ0n) is 17.4. The van der Waals surface area contributed by atoms with E-state index in [2.05, 4.69) is 15.5 Å². The molecule has 8 nitrogen and oxygen atoms in total. The second-order valence-corrected chi connectivity index (χ2v) is 7.42. The molecule has 160 valence electrons. The van der Waals surface area contributed by atoms with Crippen molar-refractivity contribution in [3.63, 3.8) is 0 Å². The van der Waals surface area contributed by atoms with Crippen LogP contribution in [0.5, 0.6) is 0 Å². The van der Waals surface area contributed by atoms with Crippen molar-refractivity contribution < 1.29 is 9.21 Å². The highest BCUT2D eigenvalue weighted by atomic mass is 16.3. The molecule has 0 saturated heterocycles. The summed E-state index contributed by atoms with van der Waals surface area (Å²) >= 11 is 0. The lowest BCUT2D eigenvalue weighted by Crippen LogP contribution is -2.25. The number of amides is 1. The van der Waals surface area contributed by atoms with Gasteiger partial charge in [-0.1, -0.05) is 30.3 Å². The number of carbonyl (C=O) groups is 1. The second-order valence-electron chi connectivity index (χ2n) is 7.42. The predicted molar refractivity (Wildman–Crippen MR) is 120 cm³/mol. The minimum Gasteiger partial charge on any atom is -0.467 e. The minimum atomic E-state index is -0.146. The number of hydrogen-bond donors (Lipinski definition) is 1. The SMILES string of the molecule is O=C(NCCCn1cccn1)c1cc(-c2ccccc2)nc2c1cnn2Cc1ccco1. The molecule has 1 amide bonds. The summed E-state index contributed by atoms with van der Waals surface area (Å²) < 4.78 is 9.08. The number of pyridine rings is 1. The van der Waals surface area contributed by atoms with E-state index >= 15 is 0 Å². The van der Waals surface area contributed by atoms with Crippen LogP contribution in [0.3, 0.4) is 0 Å². The fourth-order valence-corrected chi connectivity index (χ4v) is 3.63. The molecular formula is C24H22N6O2. The molecule has 1 N–H and O–H groups in total. The normalized spacial score (nSPS) is 11.1. The number of hydrogen-bond acceptors (Lipinski definition) is 5. The Hall–Kier alpha value is -4.20. The molecule has 0 unspecified atom stereocenters. The van der Waals surface area contributed by atoms with Crippen molar-refractivity contribution in [2.24, 2.45) is 0 Å². The number of nitrogens with zero attached hydrogens (tertiary/aromatic N) is 5. The molecule has 0 aliphatic carbocycles. The summed E-state index contributed by atoms with van der Waals surface area (Å²) in [6, 6.07) is 17.3. The van der Waals surface area contributed by atoms with Crippen LogP contribution in [-0.4, -0.2) is 37.0 Å². The zero-order valence-corrected chi connectivity index (χ0v) is 17.4. The first-order valence-corrected chi connectivity index (χ1v) is 10.5. The lowest BCUT2D eigenvalue weighted by atomic mass is 10.1. The third-order valence-electron chi connectivity index (χ3n) is 5.22. The van der Waals surface area contributed by atoms with Gasteiger partial charge in [-0.25, -0.2) is 9.67 Å². The fourth-order valence-electron chi connectivity index (χ4n) is 3.63. The van der Waals surface area contributed by atoms with E-state index in [4.69, 9.17) is 9.40 Å². The molecule has 5 rings (SSSR count). The van der Waals surface area contributed by atoms with Gasteiger partial charge in [-0.15, -0.1) is 0 Å². The second kappa shape index (κ2) is 8.89. The van der Waals surface area contributed by atoms with E-state index in [1.165, 1.54) is 0 Å². The van der Waals surface area contributed by atoms with Gasteiger partial charge in [0, 0.05) is 31.0 Å².